The number of nitrogens with one attached hydrogen (secondary N) is 1. The van der Waals surface area contributed by atoms with Crippen LogP contribution >= 0.6 is 0 Å². The molecular weight excluding hydrogens is 362 g/mol. The van der Waals surface area contributed by atoms with E-state index >= 15 is 0 Å². The van der Waals surface area contributed by atoms with Gasteiger partial charge in [-0.15, -0.1) is 0 Å². The summed E-state index contributed by atoms with van der Waals surface area (Å²) in [5.41, 5.74) is 1.96. The van der Waals surface area contributed by atoms with Crippen molar-refractivity contribution in [3.8, 4) is 0 Å². The maximum atomic E-state index is 12.4. The summed E-state index contributed by atoms with van der Waals surface area (Å²) in [7, 11) is 0. The van der Waals surface area contributed by atoms with E-state index in [1.54, 1.807) is 30.7 Å². The number of aryl methyl sites for hydroxylation is 1. The second-order valence-corrected chi connectivity index (χ2v) is 7.52. The minimum absolute atomic E-state index is 0.154. The van der Waals surface area contributed by atoms with Crippen LogP contribution in [0.4, 0.5) is 5.82 Å². The van der Waals surface area contributed by atoms with E-state index < -0.39 is 0 Å². The van der Waals surface area contributed by atoms with Crippen LogP contribution in [0.15, 0.2) is 67.1 Å². The first-order chi connectivity index (χ1) is 14.3. The van der Waals surface area contributed by atoms with E-state index in [2.05, 4.69) is 50.6 Å². The Balaban J connectivity index is 1.27. The Labute approximate surface area is 171 Å². The number of benzene rings is 1. The number of pyridine rings is 1. The predicted molar refractivity (Wildman–Crippen MR) is 114 cm³/mol. The summed E-state index contributed by atoms with van der Waals surface area (Å²) in [4.78, 5) is 19.0. The van der Waals surface area contributed by atoms with E-state index in [-0.39, 0.29) is 5.91 Å². The third-order valence-electron chi connectivity index (χ3n) is 5.52. The van der Waals surface area contributed by atoms with Gasteiger partial charge in [-0.05, 0) is 49.9 Å². The number of rotatable bonds is 7. The number of aromatic nitrogens is 3. The molecule has 6 heteroatoms. The van der Waals surface area contributed by atoms with Gasteiger partial charge in [0, 0.05) is 31.5 Å². The van der Waals surface area contributed by atoms with Gasteiger partial charge in [-0.3, -0.25) is 9.78 Å². The fraction of sp³-hybridized carbons (Fsp3) is 0.348. The van der Waals surface area contributed by atoms with Crippen molar-refractivity contribution in [3.63, 3.8) is 0 Å². The molecule has 2 aromatic heterocycles. The molecule has 0 saturated carbocycles. The van der Waals surface area contributed by atoms with Gasteiger partial charge in [0.1, 0.15) is 5.82 Å². The number of hydrogen-bond donors (Lipinski definition) is 1. The van der Waals surface area contributed by atoms with Crippen molar-refractivity contribution in [2.24, 2.45) is 0 Å². The molecule has 1 aliphatic heterocycles. The van der Waals surface area contributed by atoms with Crippen LogP contribution in [0.25, 0.3) is 0 Å². The molecule has 0 aliphatic carbocycles. The monoisotopic (exact) mass is 389 g/mol. The van der Waals surface area contributed by atoms with Crippen LogP contribution in [0.5, 0.6) is 0 Å². The molecule has 1 aliphatic rings. The van der Waals surface area contributed by atoms with E-state index in [0.717, 1.165) is 44.7 Å². The third-order valence-corrected chi connectivity index (χ3v) is 5.52. The molecule has 1 fully saturated rings. The van der Waals surface area contributed by atoms with Crippen LogP contribution in [0.3, 0.4) is 0 Å². The summed E-state index contributed by atoms with van der Waals surface area (Å²) < 4.78 is 1.97. The molecule has 0 bridgehead atoms. The van der Waals surface area contributed by atoms with Crippen molar-refractivity contribution in [1.29, 1.82) is 0 Å². The van der Waals surface area contributed by atoms with Crippen molar-refractivity contribution < 1.29 is 4.79 Å². The number of nitrogens with zero attached hydrogens (tertiary/aromatic N) is 4. The Morgan fingerprint density at radius 2 is 1.86 bits per heavy atom. The van der Waals surface area contributed by atoms with Gasteiger partial charge in [0.05, 0.1) is 17.8 Å². The highest BCUT2D eigenvalue weighted by Gasteiger charge is 2.23. The van der Waals surface area contributed by atoms with Crippen LogP contribution < -0.4 is 5.32 Å². The first kappa shape index (κ1) is 19.3. The lowest BCUT2D eigenvalue weighted by Gasteiger charge is -2.32. The van der Waals surface area contributed by atoms with Gasteiger partial charge in [-0.25, -0.2) is 4.68 Å². The van der Waals surface area contributed by atoms with Gasteiger partial charge >= 0.3 is 0 Å². The molecule has 150 valence electrons. The summed E-state index contributed by atoms with van der Waals surface area (Å²) in [6.07, 6.45) is 9.39. The first-order valence-corrected chi connectivity index (χ1v) is 10.3. The van der Waals surface area contributed by atoms with Gasteiger partial charge < -0.3 is 10.2 Å². The van der Waals surface area contributed by atoms with Crippen LogP contribution in [0, 0.1) is 0 Å². The second kappa shape index (κ2) is 9.47. The summed E-state index contributed by atoms with van der Waals surface area (Å²) >= 11 is 0. The minimum Gasteiger partial charge on any atom is -0.307 e. The number of hydrogen-bond acceptors (Lipinski definition) is 4. The fourth-order valence-corrected chi connectivity index (χ4v) is 3.93. The van der Waals surface area contributed by atoms with E-state index in [1.807, 2.05) is 10.7 Å². The molecule has 4 rings (SSSR count). The van der Waals surface area contributed by atoms with Crippen molar-refractivity contribution in [2.45, 2.75) is 31.7 Å². The molecule has 3 aromatic rings. The van der Waals surface area contributed by atoms with Crippen molar-refractivity contribution in [2.75, 3.05) is 25.0 Å². The van der Waals surface area contributed by atoms with E-state index in [9.17, 15) is 4.79 Å². The highest BCUT2D eigenvalue weighted by Crippen LogP contribution is 2.25. The number of amides is 1. The number of likely N-dealkylation sites (tertiary alicyclic amines) is 1. The Hall–Kier alpha value is -2.99. The van der Waals surface area contributed by atoms with Crippen LogP contribution in [0.2, 0.25) is 0 Å². The van der Waals surface area contributed by atoms with E-state index in [1.165, 1.54) is 12.0 Å². The molecule has 1 saturated heterocycles. The van der Waals surface area contributed by atoms with Gasteiger partial charge in [0.2, 0.25) is 0 Å². The summed E-state index contributed by atoms with van der Waals surface area (Å²) in [5.74, 6) is 0.597. The lowest BCUT2D eigenvalue weighted by Crippen LogP contribution is -2.36. The van der Waals surface area contributed by atoms with E-state index in [0.29, 0.717) is 11.6 Å². The molecule has 0 radical (unpaired) electrons. The third kappa shape index (κ3) is 5.09. The van der Waals surface area contributed by atoms with Gasteiger partial charge in [-0.1, -0.05) is 30.3 Å². The Bertz CT molecular complexity index is 901. The van der Waals surface area contributed by atoms with Gasteiger partial charge in [0.15, 0.2) is 0 Å². The van der Waals surface area contributed by atoms with Gasteiger partial charge in [-0.2, -0.15) is 5.10 Å². The smallest absolute Gasteiger partial charge is 0.258 e. The quantitative estimate of drug-likeness (QED) is 0.668. The summed E-state index contributed by atoms with van der Waals surface area (Å²) in [5, 5.41) is 7.46. The number of piperidine rings is 1. The number of carbonyl (C=O) groups is 1. The molecule has 1 amide bonds. The van der Waals surface area contributed by atoms with Crippen molar-refractivity contribution >= 4 is 11.7 Å². The molecular formula is C23H27N5O. The Morgan fingerprint density at radius 1 is 1.03 bits per heavy atom. The lowest BCUT2D eigenvalue weighted by molar-refractivity contribution is 0.102. The zero-order chi connectivity index (χ0) is 19.9. The average molecular weight is 390 g/mol. The lowest BCUT2D eigenvalue weighted by atomic mass is 10.0. The molecule has 0 spiro atoms. The Morgan fingerprint density at radius 3 is 2.62 bits per heavy atom. The van der Waals surface area contributed by atoms with Crippen LogP contribution in [-0.2, 0) is 6.42 Å². The van der Waals surface area contributed by atoms with Crippen LogP contribution in [-0.4, -0.2) is 45.2 Å². The zero-order valence-corrected chi connectivity index (χ0v) is 16.6. The molecule has 3 heterocycles. The molecule has 6 nitrogen and oxygen atoms in total. The standard InChI is InChI=1S/C23H27N5O/c29-23(20-9-4-13-24-18-20)26-22-10-14-25-28(22)21-11-16-27(17-12-21)15-5-8-19-6-2-1-3-7-19/h1-4,6-7,9-10,13-14,18,21H,5,8,11-12,15-17H2,(H,26,29). The summed E-state index contributed by atoms with van der Waals surface area (Å²) in [6.45, 7) is 3.26. The van der Waals surface area contributed by atoms with E-state index in [4.69, 9.17) is 0 Å². The van der Waals surface area contributed by atoms with Crippen molar-refractivity contribution in [1.82, 2.24) is 19.7 Å². The number of carbonyl (C=O) groups excluding carboxylic acids is 1. The molecule has 0 atom stereocenters. The zero-order valence-electron chi connectivity index (χ0n) is 16.6. The second-order valence-electron chi connectivity index (χ2n) is 7.52. The van der Waals surface area contributed by atoms with Crippen LogP contribution in [0.1, 0.15) is 41.2 Å². The number of anilines is 1. The normalized spacial score (nSPS) is 15.3. The average Bonchev–Trinajstić information content (AvgIpc) is 3.24. The SMILES string of the molecule is O=C(Nc1ccnn1C1CCN(CCCc2ccccc2)CC1)c1cccnc1. The fourth-order valence-electron chi connectivity index (χ4n) is 3.93. The highest BCUT2D eigenvalue weighted by molar-refractivity contribution is 6.03. The Kier molecular flexibility index (Phi) is 6.32. The molecule has 29 heavy (non-hydrogen) atoms. The molecule has 1 aromatic carbocycles. The largest absolute Gasteiger partial charge is 0.307 e. The maximum Gasteiger partial charge on any atom is 0.258 e. The highest BCUT2D eigenvalue weighted by atomic mass is 16.1. The van der Waals surface area contributed by atoms with Gasteiger partial charge in [0.25, 0.3) is 5.91 Å². The molecule has 1 N–H and O–H groups in total. The minimum atomic E-state index is -0.154. The predicted octanol–water partition coefficient (Wildman–Crippen LogP) is 3.80. The molecule has 0 unspecified atom stereocenters. The topological polar surface area (TPSA) is 63.1 Å². The summed E-state index contributed by atoms with van der Waals surface area (Å²) in [6, 6.07) is 16.4. The first-order valence-electron chi connectivity index (χ1n) is 10.3. The van der Waals surface area contributed by atoms with Crippen molar-refractivity contribution in [3.05, 3.63) is 78.2 Å². The maximum absolute atomic E-state index is 12.4.